The number of nitrogens with one attached hydrogen (secondary N) is 2. The van der Waals surface area contributed by atoms with E-state index in [2.05, 4.69) is 10.6 Å². The lowest BCUT2D eigenvalue weighted by Crippen LogP contribution is -2.51. The van der Waals surface area contributed by atoms with E-state index in [0.717, 1.165) is 0 Å². The van der Waals surface area contributed by atoms with Gasteiger partial charge in [0.25, 0.3) is 0 Å². The second kappa shape index (κ2) is 7.23. The Morgan fingerprint density at radius 2 is 2.50 bits per heavy atom. The van der Waals surface area contributed by atoms with Crippen LogP contribution in [0.2, 0.25) is 0 Å². The Balaban J connectivity index is 1.84. The molecule has 110 valence electrons. The Kier molecular flexibility index (Phi) is 5.34. The molecule has 0 spiro atoms. The summed E-state index contributed by atoms with van der Waals surface area (Å²) in [6.45, 7) is 1.80. The standard InChI is InChI=1S/C14H20N2O4/c1-19-11-4-2-3-10(7-11)13(17)8-16-14(18)12-9-20-6-5-15-12/h2-4,7,12-13,15,17H,5-6,8-9H2,1H3,(H,16,18)/t12-,13-/m0/s1. The summed E-state index contributed by atoms with van der Waals surface area (Å²) >= 11 is 0. The third kappa shape index (κ3) is 3.93. The van der Waals surface area contributed by atoms with Gasteiger partial charge in [-0.1, -0.05) is 12.1 Å². The second-order valence-corrected chi connectivity index (χ2v) is 4.62. The lowest BCUT2D eigenvalue weighted by Gasteiger charge is -2.23. The molecular formula is C14H20N2O4. The first-order chi connectivity index (χ1) is 9.70. The minimum atomic E-state index is -0.765. The van der Waals surface area contributed by atoms with E-state index in [1.54, 1.807) is 31.4 Å². The summed E-state index contributed by atoms with van der Waals surface area (Å²) in [6.07, 6.45) is -0.765. The number of benzene rings is 1. The lowest BCUT2D eigenvalue weighted by molar-refractivity contribution is -0.126. The molecular weight excluding hydrogens is 260 g/mol. The van der Waals surface area contributed by atoms with E-state index < -0.39 is 6.10 Å². The van der Waals surface area contributed by atoms with Crippen LogP contribution < -0.4 is 15.4 Å². The van der Waals surface area contributed by atoms with Crippen LogP contribution in [0, 0.1) is 0 Å². The molecule has 1 aromatic rings. The number of rotatable bonds is 5. The molecule has 1 aliphatic rings. The number of aliphatic hydroxyl groups is 1. The van der Waals surface area contributed by atoms with Crippen molar-refractivity contribution in [3.63, 3.8) is 0 Å². The SMILES string of the molecule is COc1cccc([C@@H](O)CNC(=O)[C@@H]2COCCN2)c1. The van der Waals surface area contributed by atoms with Crippen LogP contribution in [-0.2, 0) is 9.53 Å². The number of ether oxygens (including phenoxy) is 2. The molecule has 1 heterocycles. The Bertz CT molecular complexity index is 447. The minimum Gasteiger partial charge on any atom is -0.497 e. The van der Waals surface area contributed by atoms with Crippen molar-refractivity contribution in [3.8, 4) is 5.75 Å². The summed E-state index contributed by atoms with van der Waals surface area (Å²) in [5.74, 6) is 0.516. The van der Waals surface area contributed by atoms with Gasteiger partial charge in [-0.05, 0) is 17.7 Å². The fourth-order valence-corrected chi connectivity index (χ4v) is 2.02. The van der Waals surface area contributed by atoms with Crippen LogP contribution in [0.4, 0.5) is 0 Å². The summed E-state index contributed by atoms with van der Waals surface area (Å²) in [4.78, 5) is 11.9. The first kappa shape index (κ1) is 14.8. The fourth-order valence-electron chi connectivity index (χ4n) is 2.02. The summed E-state index contributed by atoms with van der Waals surface area (Å²) in [7, 11) is 1.57. The van der Waals surface area contributed by atoms with Crippen LogP contribution in [0.15, 0.2) is 24.3 Å². The van der Waals surface area contributed by atoms with Gasteiger partial charge in [-0.3, -0.25) is 4.79 Å². The highest BCUT2D eigenvalue weighted by molar-refractivity contribution is 5.82. The van der Waals surface area contributed by atoms with E-state index in [4.69, 9.17) is 9.47 Å². The minimum absolute atomic E-state index is 0.157. The zero-order valence-electron chi connectivity index (χ0n) is 11.5. The highest BCUT2D eigenvalue weighted by atomic mass is 16.5. The third-order valence-corrected chi connectivity index (χ3v) is 3.19. The summed E-state index contributed by atoms with van der Waals surface area (Å²) in [5, 5.41) is 15.8. The number of aliphatic hydroxyl groups excluding tert-OH is 1. The molecule has 1 aliphatic heterocycles. The van der Waals surface area contributed by atoms with Gasteiger partial charge in [-0.15, -0.1) is 0 Å². The van der Waals surface area contributed by atoms with Crippen molar-refractivity contribution in [1.29, 1.82) is 0 Å². The molecule has 3 N–H and O–H groups in total. The third-order valence-electron chi connectivity index (χ3n) is 3.19. The number of methoxy groups -OCH3 is 1. The Morgan fingerprint density at radius 3 is 3.20 bits per heavy atom. The van der Waals surface area contributed by atoms with Crippen molar-refractivity contribution >= 4 is 5.91 Å². The number of morpholine rings is 1. The Morgan fingerprint density at radius 1 is 1.65 bits per heavy atom. The van der Waals surface area contributed by atoms with Crippen molar-refractivity contribution in [2.24, 2.45) is 0 Å². The number of hydrogen-bond acceptors (Lipinski definition) is 5. The predicted molar refractivity (Wildman–Crippen MR) is 73.6 cm³/mol. The van der Waals surface area contributed by atoms with Crippen molar-refractivity contribution in [1.82, 2.24) is 10.6 Å². The van der Waals surface area contributed by atoms with Gasteiger partial charge in [0.15, 0.2) is 0 Å². The summed E-state index contributed by atoms with van der Waals surface area (Å²) < 4.78 is 10.3. The maximum absolute atomic E-state index is 11.9. The number of carbonyl (C=O) groups excluding carboxylic acids is 1. The maximum Gasteiger partial charge on any atom is 0.239 e. The normalized spacial score (nSPS) is 20.2. The smallest absolute Gasteiger partial charge is 0.239 e. The fraction of sp³-hybridized carbons (Fsp3) is 0.500. The molecule has 2 rings (SSSR count). The average molecular weight is 280 g/mol. The van der Waals surface area contributed by atoms with E-state index in [0.29, 0.717) is 31.1 Å². The molecule has 0 radical (unpaired) electrons. The monoisotopic (exact) mass is 280 g/mol. The van der Waals surface area contributed by atoms with Crippen molar-refractivity contribution in [3.05, 3.63) is 29.8 Å². The van der Waals surface area contributed by atoms with E-state index in [1.807, 2.05) is 0 Å². The first-order valence-corrected chi connectivity index (χ1v) is 6.61. The van der Waals surface area contributed by atoms with Gasteiger partial charge in [0.1, 0.15) is 11.8 Å². The van der Waals surface area contributed by atoms with E-state index in [-0.39, 0.29) is 18.5 Å². The molecule has 1 amide bonds. The lowest BCUT2D eigenvalue weighted by atomic mass is 10.1. The van der Waals surface area contributed by atoms with Gasteiger partial charge in [0.2, 0.25) is 5.91 Å². The molecule has 1 saturated heterocycles. The molecule has 2 atom stereocenters. The van der Waals surface area contributed by atoms with E-state index >= 15 is 0 Å². The zero-order chi connectivity index (χ0) is 14.4. The second-order valence-electron chi connectivity index (χ2n) is 4.62. The molecule has 0 unspecified atom stereocenters. The van der Waals surface area contributed by atoms with Gasteiger partial charge >= 0.3 is 0 Å². The molecule has 1 fully saturated rings. The molecule has 1 aromatic carbocycles. The topological polar surface area (TPSA) is 79.8 Å². The Hall–Kier alpha value is -1.63. The summed E-state index contributed by atoms with van der Waals surface area (Å²) in [5.41, 5.74) is 0.706. The van der Waals surface area contributed by atoms with Gasteiger partial charge in [0, 0.05) is 13.1 Å². The largest absolute Gasteiger partial charge is 0.497 e. The number of hydrogen-bond donors (Lipinski definition) is 3. The van der Waals surface area contributed by atoms with Crippen LogP contribution in [0.1, 0.15) is 11.7 Å². The molecule has 0 bridgehead atoms. The molecule has 0 saturated carbocycles. The first-order valence-electron chi connectivity index (χ1n) is 6.61. The molecule has 0 aliphatic carbocycles. The van der Waals surface area contributed by atoms with Crippen molar-refractivity contribution in [2.75, 3.05) is 33.4 Å². The number of amides is 1. The molecule has 6 nitrogen and oxygen atoms in total. The number of carbonyl (C=O) groups is 1. The average Bonchev–Trinajstić information content (AvgIpc) is 2.53. The summed E-state index contributed by atoms with van der Waals surface area (Å²) in [6, 6.07) is 6.80. The highest BCUT2D eigenvalue weighted by Crippen LogP contribution is 2.18. The van der Waals surface area contributed by atoms with Crippen LogP contribution in [0.3, 0.4) is 0 Å². The van der Waals surface area contributed by atoms with Crippen LogP contribution in [0.25, 0.3) is 0 Å². The van der Waals surface area contributed by atoms with Crippen molar-refractivity contribution < 1.29 is 19.4 Å². The quantitative estimate of drug-likeness (QED) is 0.698. The molecule has 20 heavy (non-hydrogen) atoms. The molecule has 0 aromatic heterocycles. The predicted octanol–water partition coefficient (Wildman–Crippen LogP) is -0.167. The van der Waals surface area contributed by atoms with Crippen LogP contribution >= 0.6 is 0 Å². The van der Waals surface area contributed by atoms with Crippen LogP contribution in [0.5, 0.6) is 5.75 Å². The highest BCUT2D eigenvalue weighted by Gasteiger charge is 2.21. The van der Waals surface area contributed by atoms with E-state index in [1.165, 1.54) is 0 Å². The maximum atomic E-state index is 11.9. The van der Waals surface area contributed by atoms with E-state index in [9.17, 15) is 9.90 Å². The van der Waals surface area contributed by atoms with Gasteiger partial charge < -0.3 is 25.2 Å². The van der Waals surface area contributed by atoms with Crippen LogP contribution in [-0.4, -0.2) is 50.5 Å². The zero-order valence-corrected chi connectivity index (χ0v) is 11.5. The van der Waals surface area contributed by atoms with Gasteiger partial charge in [-0.2, -0.15) is 0 Å². The van der Waals surface area contributed by atoms with Crippen molar-refractivity contribution in [2.45, 2.75) is 12.1 Å². The van der Waals surface area contributed by atoms with Gasteiger partial charge in [-0.25, -0.2) is 0 Å². The van der Waals surface area contributed by atoms with Gasteiger partial charge in [0.05, 0.1) is 26.4 Å². The molecule has 6 heteroatoms. The Labute approximate surface area is 118 Å².